The molecule has 0 aliphatic carbocycles. The minimum absolute atomic E-state index is 0.123. The SMILES string of the molecule is CC(CO)CCCNc1nc[nH]c(=O)c1I. The molecule has 5 nitrogen and oxygen atoms in total. The molecular weight excluding hydrogens is 321 g/mol. The first kappa shape index (κ1) is 13.4. The Morgan fingerprint density at radius 2 is 2.44 bits per heavy atom. The number of aromatic nitrogens is 2. The maximum absolute atomic E-state index is 11.3. The van der Waals surface area contributed by atoms with Crippen LogP contribution in [0.25, 0.3) is 0 Å². The summed E-state index contributed by atoms with van der Waals surface area (Å²) in [6.45, 7) is 2.99. The number of aromatic amines is 1. The lowest BCUT2D eigenvalue weighted by Crippen LogP contribution is -2.15. The van der Waals surface area contributed by atoms with Crippen LogP contribution in [0.1, 0.15) is 19.8 Å². The molecule has 90 valence electrons. The molecule has 0 radical (unpaired) electrons. The summed E-state index contributed by atoms with van der Waals surface area (Å²) in [5.74, 6) is 0.953. The zero-order valence-electron chi connectivity index (χ0n) is 9.16. The van der Waals surface area contributed by atoms with E-state index in [4.69, 9.17) is 5.11 Å². The van der Waals surface area contributed by atoms with Crippen molar-refractivity contribution in [3.63, 3.8) is 0 Å². The minimum atomic E-state index is -0.123. The highest BCUT2D eigenvalue weighted by molar-refractivity contribution is 14.1. The van der Waals surface area contributed by atoms with Crippen LogP contribution >= 0.6 is 22.6 Å². The van der Waals surface area contributed by atoms with Crippen molar-refractivity contribution >= 4 is 28.4 Å². The summed E-state index contributed by atoms with van der Waals surface area (Å²) in [6.07, 6.45) is 3.30. The number of H-pyrrole nitrogens is 1. The lowest BCUT2D eigenvalue weighted by atomic mass is 10.1. The van der Waals surface area contributed by atoms with Crippen LogP contribution in [0.5, 0.6) is 0 Å². The van der Waals surface area contributed by atoms with E-state index in [1.807, 2.05) is 29.5 Å². The van der Waals surface area contributed by atoms with Crippen molar-refractivity contribution in [2.24, 2.45) is 5.92 Å². The molecule has 0 spiro atoms. The van der Waals surface area contributed by atoms with Gasteiger partial charge in [0, 0.05) is 13.2 Å². The maximum atomic E-state index is 11.3. The molecule has 1 rings (SSSR count). The Balaban J connectivity index is 2.38. The summed E-state index contributed by atoms with van der Waals surface area (Å²) < 4.78 is 0.579. The van der Waals surface area contributed by atoms with Crippen molar-refractivity contribution < 1.29 is 5.11 Å². The maximum Gasteiger partial charge on any atom is 0.266 e. The third-order valence-corrected chi connectivity index (χ3v) is 3.28. The van der Waals surface area contributed by atoms with E-state index < -0.39 is 0 Å². The number of nitrogens with zero attached hydrogens (tertiary/aromatic N) is 1. The van der Waals surface area contributed by atoms with Gasteiger partial charge in [0.1, 0.15) is 9.39 Å². The molecule has 1 atom stereocenters. The molecule has 6 heteroatoms. The van der Waals surface area contributed by atoms with Crippen LogP contribution in [0.3, 0.4) is 0 Å². The number of aliphatic hydroxyl groups is 1. The van der Waals surface area contributed by atoms with Crippen molar-refractivity contribution in [3.8, 4) is 0 Å². The number of aliphatic hydroxyl groups excluding tert-OH is 1. The fourth-order valence-corrected chi connectivity index (χ4v) is 1.74. The number of anilines is 1. The van der Waals surface area contributed by atoms with Crippen LogP contribution < -0.4 is 10.9 Å². The van der Waals surface area contributed by atoms with E-state index in [1.165, 1.54) is 6.33 Å². The van der Waals surface area contributed by atoms with Crippen LogP contribution in [-0.2, 0) is 0 Å². The molecule has 0 fully saturated rings. The Morgan fingerprint density at radius 3 is 3.12 bits per heavy atom. The molecular formula is C10H16IN3O2. The molecule has 0 bridgehead atoms. The smallest absolute Gasteiger partial charge is 0.266 e. The van der Waals surface area contributed by atoms with E-state index in [-0.39, 0.29) is 12.2 Å². The first-order chi connectivity index (χ1) is 7.65. The molecule has 1 heterocycles. The Hall–Kier alpha value is -0.630. The molecule has 1 unspecified atom stereocenters. The van der Waals surface area contributed by atoms with E-state index in [0.29, 0.717) is 15.3 Å². The molecule has 0 saturated carbocycles. The van der Waals surface area contributed by atoms with E-state index in [1.54, 1.807) is 0 Å². The highest BCUT2D eigenvalue weighted by Gasteiger charge is 2.04. The summed E-state index contributed by atoms with van der Waals surface area (Å²) in [4.78, 5) is 17.8. The molecule has 1 aromatic heterocycles. The monoisotopic (exact) mass is 337 g/mol. The van der Waals surface area contributed by atoms with Gasteiger partial charge >= 0.3 is 0 Å². The zero-order chi connectivity index (χ0) is 12.0. The number of rotatable bonds is 6. The predicted octanol–water partition coefficient (Wildman–Crippen LogP) is 1.20. The van der Waals surface area contributed by atoms with Crippen molar-refractivity contribution in [2.75, 3.05) is 18.5 Å². The lowest BCUT2D eigenvalue weighted by molar-refractivity contribution is 0.229. The molecule has 0 aliphatic rings. The average molecular weight is 337 g/mol. The van der Waals surface area contributed by atoms with E-state index in [2.05, 4.69) is 15.3 Å². The predicted molar refractivity (Wildman–Crippen MR) is 71.5 cm³/mol. The van der Waals surface area contributed by atoms with E-state index in [0.717, 1.165) is 19.4 Å². The number of hydrogen-bond donors (Lipinski definition) is 3. The quantitative estimate of drug-likeness (QED) is 0.538. The molecule has 0 aliphatic heterocycles. The molecule has 0 amide bonds. The van der Waals surface area contributed by atoms with Crippen LogP contribution in [0.4, 0.5) is 5.82 Å². The Kier molecular flexibility index (Phi) is 5.75. The fraction of sp³-hybridized carbons (Fsp3) is 0.600. The Morgan fingerprint density at radius 1 is 1.69 bits per heavy atom. The minimum Gasteiger partial charge on any atom is -0.396 e. The van der Waals surface area contributed by atoms with Gasteiger partial charge in [0.15, 0.2) is 0 Å². The normalized spacial score (nSPS) is 12.4. The summed E-state index contributed by atoms with van der Waals surface area (Å²) >= 11 is 1.97. The second-order valence-corrected chi connectivity index (χ2v) is 4.83. The van der Waals surface area contributed by atoms with Gasteiger partial charge in [0.25, 0.3) is 5.56 Å². The zero-order valence-corrected chi connectivity index (χ0v) is 11.3. The second kappa shape index (κ2) is 6.85. The first-order valence-electron chi connectivity index (χ1n) is 5.23. The van der Waals surface area contributed by atoms with Gasteiger partial charge in [-0.1, -0.05) is 6.92 Å². The molecule has 1 aromatic rings. The third-order valence-electron chi connectivity index (χ3n) is 2.27. The topological polar surface area (TPSA) is 78.0 Å². The second-order valence-electron chi connectivity index (χ2n) is 3.75. The Bertz CT molecular complexity index is 381. The number of hydrogen-bond acceptors (Lipinski definition) is 4. The summed E-state index contributed by atoms with van der Waals surface area (Å²) in [7, 11) is 0. The van der Waals surface area contributed by atoms with Gasteiger partial charge in [-0.2, -0.15) is 0 Å². The summed E-state index contributed by atoms with van der Waals surface area (Å²) in [5.41, 5.74) is -0.123. The lowest BCUT2D eigenvalue weighted by Gasteiger charge is -2.09. The van der Waals surface area contributed by atoms with Gasteiger partial charge in [0.05, 0.1) is 6.33 Å². The van der Waals surface area contributed by atoms with Crippen LogP contribution in [0.15, 0.2) is 11.1 Å². The van der Waals surface area contributed by atoms with Gasteiger partial charge in [0.2, 0.25) is 0 Å². The van der Waals surface area contributed by atoms with Crippen molar-refractivity contribution in [1.82, 2.24) is 9.97 Å². The van der Waals surface area contributed by atoms with Crippen LogP contribution in [0.2, 0.25) is 0 Å². The number of nitrogens with one attached hydrogen (secondary N) is 2. The van der Waals surface area contributed by atoms with Crippen molar-refractivity contribution in [3.05, 3.63) is 20.3 Å². The molecule has 16 heavy (non-hydrogen) atoms. The van der Waals surface area contributed by atoms with Gasteiger partial charge in [-0.25, -0.2) is 4.98 Å². The van der Waals surface area contributed by atoms with Crippen molar-refractivity contribution in [1.29, 1.82) is 0 Å². The highest BCUT2D eigenvalue weighted by atomic mass is 127. The van der Waals surface area contributed by atoms with Crippen molar-refractivity contribution in [2.45, 2.75) is 19.8 Å². The van der Waals surface area contributed by atoms with Gasteiger partial charge in [-0.05, 0) is 41.4 Å². The van der Waals surface area contributed by atoms with Gasteiger partial charge in [-0.15, -0.1) is 0 Å². The van der Waals surface area contributed by atoms with E-state index in [9.17, 15) is 4.79 Å². The summed E-state index contributed by atoms with van der Waals surface area (Å²) in [6, 6.07) is 0. The van der Waals surface area contributed by atoms with Crippen LogP contribution in [-0.4, -0.2) is 28.2 Å². The average Bonchev–Trinajstić information content (AvgIpc) is 2.29. The molecule has 0 saturated heterocycles. The van der Waals surface area contributed by atoms with Crippen LogP contribution in [0, 0.1) is 9.49 Å². The first-order valence-corrected chi connectivity index (χ1v) is 6.31. The molecule has 3 N–H and O–H groups in total. The molecule has 0 aromatic carbocycles. The van der Waals surface area contributed by atoms with Gasteiger partial charge < -0.3 is 15.4 Å². The Labute approximate surface area is 108 Å². The standard InChI is InChI=1S/C10H16IN3O2/c1-7(5-15)3-2-4-12-9-8(11)10(16)14-6-13-9/h6-7,15H,2-5H2,1H3,(H2,12,13,14,16). The fourth-order valence-electron chi connectivity index (χ4n) is 1.25. The number of halogens is 1. The summed E-state index contributed by atoms with van der Waals surface area (Å²) in [5, 5.41) is 12.0. The third kappa shape index (κ3) is 4.09. The van der Waals surface area contributed by atoms with E-state index >= 15 is 0 Å². The van der Waals surface area contributed by atoms with Gasteiger partial charge in [-0.3, -0.25) is 4.79 Å². The highest BCUT2D eigenvalue weighted by Crippen LogP contribution is 2.10. The largest absolute Gasteiger partial charge is 0.396 e.